The van der Waals surface area contributed by atoms with Gasteiger partial charge in [-0.3, -0.25) is 14.7 Å². The minimum Gasteiger partial charge on any atom is -0.507 e. The molecule has 1 aliphatic rings. The fourth-order valence-electron chi connectivity index (χ4n) is 1.79. The van der Waals surface area contributed by atoms with Crippen LogP contribution in [0.5, 0.6) is 5.75 Å². The Bertz CT molecular complexity index is 552. The maximum absolute atomic E-state index is 12.2. The van der Waals surface area contributed by atoms with Crippen LogP contribution in [-0.4, -0.2) is 34.2 Å². The van der Waals surface area contributed by atoms with Gasteiger partial charge < -0.3 is 5.11 Å². The molecule has 1 N–H and O–H groups in total. The summed E-state index contributed by atoms with van der Waals surface area (Å²) in [6, 6.07) is 6.97. The van der Waals surface area contributed by atoms with Crippen LogP contribution < -0.4 is 0 Å². The lowest BCUT2D eigenvalue weighted by Crippen LogP contribution is -2.28. The first-order chi connectivity index (χ1) is 9.17. The number of carbonyl (C=O) groups is 1. The van der Waals surface area contributed by atoms with E-state index in [-0.39, 0.29) is 11.7 Å². The third kappa shape index (κ3) is 2.81. The number of para-hydroxylation sites is 1. The van der Waals surface area contributed by atoms with Crippen molar-refractivity contribution in [2.75, 3.05) is 13.1 Å². The molecule has 19 heavy (non-hydrogen) atoms. The summed E-state index contributed by atoms with van der Waals surface area (Å²) in [7, 11) is 0. The topological polar surface area (TPSA) is 52.9 Å². The molecule has 0 bridgehead atoms. The Kier molecular flexibility index (Phi) is 4.27. The number of hydrogen-bond donors (Lipinski definition) is 1. The molecule has 1 amide bonds. The fourth-order valence-corrected chi connectivity index (χ4v) is 2.89. The van der Waals surface area contributed by atoms with E-state index in [0.717, 1.165) is 5.17 Å². The van der Waals surface area contributed by atoms with Crippen LogP contribution in [0.1, 0.15) is 19.4 Å². The van der Waals surface area contributed by atoms with Gasteiger partial charge in [0.2, 0.25) is 0 Å². The summed E-state index contributed by atoms with van der Waals surface area (Å²) in [6.07, 6.45) is 1.71. The van der Waals surface area contributed by atoms with Gasteiger partial charge in [-0.25, -0.2) is 0 Å². The number of aromatic hydroxyl groups is 1. The monoisotopic (exact) mass is 276 g/mol. The summed E-state index contributed by atoms with van der Waals surface area (Å²) in [5.74, 6) is 0.121. The van der Waals surface area contributed by atoms with Crippen molar-refractivity contribution in [3.05, 3.63) is 34.7 Å². The van der Waals surface area contributed by atoms with E-state index in [2.05, 4.69) is 4.99 Å². The molecule has 0 aliphatic carbocycles. The van der Waals surface area contributed by atoms with E-state index in [1.54, 1.807) is 29.2 Å². The number of benzene rings is 1. The van der Waals surface area contributed by atoms with Gasteiger partial charge >= 0.3 is 0 Å². The van der Waals surface area contributed by atoms with Gasteiger partial charge in [-0.05, 0) is 37.8 Å². The zero-order chi connectivity index (χ0) is 13.8. The molecule has 1 heterocycles. The van der Waals surface area contributed by atoms with E-state index < -0.39 is 0 Å². The van der Waals surface area contributed by atoms with Crippen LogP contribution in [0.3, 0.4) is 0 Å². The summed E-state index contributed by atoms with van der Waals surface area (Å²) >= 11 is 1.36. The second kappa shape index (κ2) is 5.93. The molecular formula is C14H16N2O2S. The van der Waals surface area contributed by atoms with Gasteiger partial charge in [0.25, 0.3) is 5.91 Å². The molecule has 1 fully saturated rings. The second-order valence-corrected chi connectivity index (χ2v) is 4.98. The number of phenols is 1. The Morgan fingerprint density at radius 1 is 1.37 bits per heavy atom. The Morgan fingerprint density at radius 3 is 2.74 bits per heavy atom. The molecule has 0 unspecified atom stereocenters. The van der Waals surface area contributed by atoms with Crippen molar-refractivity contribution < 1.29 is 9.90 Å². The molecule has 1 aliphatic heterocycles. The van der Waals surface area contributed by atoms with E-state index in [1.165, 1.54) is 11.8 Å². The van der Waals surface area contributed by atoms with Crippen LogP contribution in [0.2, 0.25) is 0 Å². The molecule has 100 valence electrons. The van der Waals surface area contributed by atoms with E-state index in [4.69, 9.17) is 0 Å². The quantitative estimate of drug-likeness (QED) is 0.864. The zero-order valence-electron chi connectivity index (χ0n) is 11.0. The molecular weight excluding hydrogens is 260 g/mol. The molecule has 2 rings (SSSR count). The van der Waals surface area contributed by atoms with Gasteiger partial charge in [0, 0.05) is 18.7 Å². The third-order valence-corrected chi connectivity index (χ3v) is 3.77. The van der Waals surface area contributed by atoms with Crippen LogP contribution in [-0.2, 0) is 4.79 Å². The summed E-state index contributed by atoms with van der Waals surface area (Å²) in [4.78, 5) is 18.8. The van der Waals surface area contributed by atoms with Crippen molar-refractivity contribution >= 4 is 28.9 Å². The molecule has 0 saturated carbocycles. The Labute approximate surface area is 116 Å². The molecule has 5 heteroatoms. The summed E-state index contributed by atoms with van der Waals surface area (Å²) in [6.45, 7) is 5.11. The first kappa shape index (κ1) is 13.7. The summed E-state index contributed by atoms with van der Waals surface area (Å²) in [5, 5.41) is 10.5. The number of amidine groups is 1. The van der Waals surface area contributed by atoms with Gasteiger partial charge in [0.05, 0.1) is 4.91 Å². The lowest BCUT2D eigenvalue weighted by atomic mass is 10.2. The number of amides is 1. The molecule has 4 nitrogen and oxygen atoms in total. The predicted molar refractivity (Wildman–Crippen MR) is 79.0 cm³/mol. The van der Waals surface area contributed by atoms with Gasteiger partial charge in [0.15, 0.2) is 5.17 Å². The first-order valence-electron chi connectivity index (χ1n) is 6.21. The highest BCUT2D eigenvalue weighted by Gasteiger charge is 2.31. The minimum atomic E-state index is -0.0528. The Balaban J connectivity index is 2.34. The molecule has 1 aromatic rings. The van der Waals surface area contributed by atoms with Crippen LogP contribution in [0.25, 0.3) is 6.08 Å². The summed E-state index contributed by atoms with van der Waals surface area (Å²) in [5.41, 5.74) is 0.646. The molecule has 0 aromatic heterocycles. The lowest BCUT2D eigenvalue weighted by Gasteiger charge is -2.11. The highest BCUT2D eigenvalue weighted by Crippen LogP contribution is 2.33. The number of likely N-dealkylation sites (N-methyl/N-ethyl adjacent to an activating group) is 1. The zero-order valence-corrected chi connectivity index (χ0v) is 11.8. The van der Waals surface area contributed by atoms with E-state index in [9.17, 15) is 9.90 Å². The molecule has 1 saturated heterocycles. The van der Waals surface area contributed by atoms with E-state index in [0.29, 0.717) is 23.6 Å². The van der Waals surface area contributed by atoms with Crippen LogP contribution in [0.15, 0.2) is 34.2 Å². The normalized spacial score (nSPS) is 19.7. The van der Waals surface area contributed by atoms with Crippen molar-refractivity contribution in [3.8, 4) is 5.75 Å². The van der Waals surface area contributed by atoms with Gasteiger partial charge in [-0.2, -0.15) is 0 Å². The standard InChI is InChI=1S/C14H16N2O2S/c1-3-15-14-16(4-2)13(18)12(19-14)9-10-7-5-6-8-11(10)17/h5-9,17H,3-4H2,1-2H3/b12-9+,15-14?. The molecule has 0 radical (unpaired) electrons. The van der Waals surface area contributed by atoms with Gasteiger partial charge in [-0.15, -0.1) is 0 Å². The highest BCUT2D eigenvalue weighted by atomic mass is 32.2. The van der Waals surface area contributed by atoms with Crippen LogP contribution >= 0.6 is 11.8 Å². The number of thioether (sulfide) groups is 1. The van der Waals surface area contributed by atoms with Crippen LogP contribution in [0, 0.1) is 0 Å². The van der Waals surface area contributed by atoms with Crippen molar-refractivity contribution in [3.63, 3.8) is 0 Å². The maximum atomic E-state index is 12.2. The number of rotatable bonds is 3. The summed E-state index contributed by atoms with van der Waals surface area (Å²) < 4.78 is 0. The van der Waals surface area contributed by atoms with E-state index in [1.807, 2.05) is 19.9 Å². The average molecular weight is 276 g/mol. The lowest BCUT2D eigenvalue weighted by molar-refractivity contribution is -0.122. The minimum absolute atomic E-state index is 0.0528. The fraction of sp³-hybridized carbons (Fsp3) is 0.286. The average Bonchev–Trinajstić information content (AvgIpc) is 2.69. The number of phenolic OH excluding ortho intramolecular Hbond substituents is 1. The van der Waals surface area contributed by atoms with Gasteiger partial charge in [-0.1, -0.05) is 18.2 Å². The molecule has 0 atom stereocenters. The van der Waals surface area contributed by atoms with Crippen molar-refractivity contribution in [2.45, 2.75) is 13.8 Å². The largest absolute Gasteiger partial charge is 0.507 e. The first-order valence-corrected chi connectivity index (χ1v) is 7.02. The molecule has 0 spiro atoms. The Morgan fingerprint density at radius 2 is 2.11 bits per heavy atom. The number of carbonyl (C=O) groups excluding carboxylic acids is 1. The number of hydrogen-bond acceptors (Lipinski definition) is 4. The smallest absolute Gasteiger partial charge is 0.266 e. The third-order valence-electron chi connectivity index (χ3n) is 2.72. The SMILES string of the molecule is CCN=C1S/C(=C/c2ccccc2O)C(=O)N1CC. The maximum Gasteiger partial charge on any atom is 0.266 e. The second-order valence-electron chi connectivity index (χ2n) is 3.98. The molecule has 1 aromatic carbocycles. The van der Waals surface area contributed by atoms with Crippen LogP contribution in [0.4, 0.5) is 0 Å². The highest BCUT2D eigenvalue weighted by molar-refractivity contribution is 8.18. The van der Waals surface area contributed by atoms with Gasteiger partial charge in [0.1, 0.15) is 5.75 Å². The van der Waals surface area contributed by atoms with E-state index >= 15 is 0 Å². The van der Waals surface area contributed by atoms with Crippen molar-refractivity contribution in [1.29, 1.82) is 0 Å². The number of nitrogens with zero attached hydrogens (tertiary/aromatic N) is 2. The van der Waals surface area contributed by atoms with Crippen molar-refractivity contribution in [2.24, 2.45) is 4.99 Å². The number of aliphatic imine (C=N–C) groups is 1. The Hall–Kier alpha value is -1.75. The predicted octanol–water partition coefficient (Wildman–Crippen LogP) is 2.70. The van der Waals surface area contributed by atoms with Crippen molar-refractivity contribution in [1.82, 2.24) is 4.90 Å².